The van der Waals surface area contributed by atoms with Gasteiger partial charge in [0.2, 0.25) is 5.91 Å². The van der Waals surface area contributed by atoms with E-state index in [1.54, 1.807) is 0 Å². The molecule has 5 nitrogen and oxygen atoms in total. The molecule has 0 spiro atoms. The molecular weight excluding hydrogens is 184 g/mol. The average Bonchev–Trinajstić information content (AvgIpc) is 2.16. The molecule has 0 fully saturated rings. The van der Waals surface area contributed by atoms with Crippen LogP contribution in [0.25, 0.3) is 0 Å². The molecule has 0 heterocycles. The van der Waals surface area contributed by atoms with Crippen LogP contribution in [0.15, 0.2) is 24.3 Å². The maximum Gasteiger partial charge on any atom is 0.248 e. The Kier molecular flexibility index (Phi) is 3.06. The van der Waals surface area contributed by atoms with Crippen molar-refractivity contribution in [3.63, 3.8) is 0 Å². The quantitative estimate of drug-likeness (QED) is 0.480. The Morgan fingerprint density at radius 2 is 1.93 bits per heavy atom. The number of hydroxylamine groups is 1. The fraction of sp³-hybridized carbons (Fsp3) is 0.222. The van der Waals surface area contributed by atoms with Gasteiger partial charge in [-0.15, -0.1) is 0 Å². The summed E-state index contributed by atoms with van der Waals surface area (Å²) in [4.78, 5) is 10.7. The molecule has 4 N–H and O–H groups in total. The lowest BCUT2D eigenvalue weighted by atomic mass is 10.2. The summed E-state index contributed by atoms with van der Waals surface area (Å²) in [7, 11) is 0. The van der Waals surface area contributed by atoms with Crippen LogP contribution < -0.4 is 10.8 Å². The third-order valence-electron chi connectivity index (χ3n) is 1.77. The third kappa shape index (κ3) is 2.21. The summed E-state index contributed by atoms with van der Waals surface area (Å²) in [6.45, 7) is 1.42. The van der Waals surface area contributed by atoms with Crippen LogP contribution in [0.2, 0.25) is 0 Å². The van der Waals surface area contributed by atoms with Gasteiger partial charge in [-0.1, -0.05) is 0 Å². The number of hydrogen-bond acceptors (Lipinski definition) is 4. The summed E-state index contributed by atoms with van der Waals surface area (Å²) >= 11 is 0. The van der Waals surface area contributed by atoms with E-state index in [1.807, 2.05) is 0 Å². The van der Waals surface area contributed by atoms with Crippen LogP contribution in [0.4, 0.5) is 5.69 Å². The standard InChI is InChI=1S/C9H12N2O3/c1-6(12)11(14)8-4-2-7(3-5-8)9(10)13/h2-6,12,14H,1H3,(H2,10,13). The van der Waals surface area contributed by atoms with E-state index >= 15 is 0 Å². The summed E-state index contributed by atoms with van der Waals surface area (Å²) in [5.41, 5.74) is 5.78. The molecule has 0 aliphatic rings. The van der Waals surface area contributed by atoms with Gasteiger partial charge in [-0.25, -0.2) is 5.06 Å². The highest BCUT2D eigenvalue weighted by atomic mass is 16.5. The average molecular weight is 196 g/mol. The maximum atomic E-state index is 10.7. The zero-order valence-electron chi connectivity index (χ0n) is 7.71. The van der Waals surface area contributed by atoms with Crippen LogP contribution in [-0.4, -0.2) is 22.4 Å². The number of hydrogen-bond donors (Lipinski definition) is 3. The fourth-order valence-corrected chi connectivity index (χ4v) is 0.994. The number of nitrogens with zero attached hydrogens (tertiary/aromatic N) is 1. The molecule has 0 radical (unpaired) electrons. The lowest BCUT2D eigenvalue weighted by Crippen LogP contribution is -2.28. The van der Waals surface area contributed by atoms with Crippen molar-refractivity contribution in [2.75, 3.05) is 5.06 Å². The van der Waals surface area contributed by atoms with Crippen molar-refractivity contribution >= 4 is 11.6 Å². The molecular formula is C9H12N2O3. The highest BCUT2D eigenvalue weighted by Crippen LogP contribution is 2.14. The molecule has 0 saturated heterocycles. The highest BCUT2D eigenvalue weighted by molar-refractivity contribution is 5.93. The van der Waals surface area contributed by atoms with Gasteiger partial charge in [-0.05, 0) is 31.2 Å². The van der Waals surface area contributed by atoms with E-state index in [-0.39, 0.29) is 0 Å². The first-order valence-corrected chi connectivity index (χ1v) is 4.08. The number of aliphatic hydroxyl groups is 1. The number of amides is 1. The van der Waals surface area contributed by atoms with Gasteiger partial charge < -0.3 is 10.8 Å². The topological polar surface area (TPSA) is 86.8 Å². The Labute approximate surface area is 81.3 Å². The molecule has 0 saturated carbocycles. The molecule has 14 heavy (non-hydrogen) atoms. The first kappa shape index (κ1) is 10.5. The van der Waals surface area contributed by atoms with Gasteiger partial charge in [0.1, 0.15) is 6.23 Å². The Morgan fingerprint density at radius 1 is 1.43 bits per heavy atom. The third-order valence-corrected chi connectivity index (χ3v) is 1.77. The maximum absolute atomic E-state index is 10.7. The lowest BCUT2D eigenvalue weighted by molar-refractivity contribution is 0.0796. The molecule has 1 aromatic rings. The van der Waals surface area contributed by atoms with Gasteiger partial charge >= 0.3 is 0 Å². The minimum Gasteiger partial charge on any atom is -0.372 e. The number of carbonyl (C=O) groups is 1. The number of anilines is 1. The smallest absolute Gasteiger partial charge is 0.248 e. The molecule has 0 aromatic heterocycles. The van der Waals surface area contributed by atoms with Gasteiger partial charge in [-0.3, -0.25) is 10.0 Å². The highest BCUT2D eigenvalue weighted by Gasteiger charge is 2.08. The summed E-state index contributed by atoms with van der Waals surface area (Å²) < 4.78 is 0. The molecule has 1 unspecified atom stereocenters. The summed E-state index contributed by atoms with van der Waals surface area (Å²) in [6, 6.07) is 5.94. The van der Waals surface area contributed by atoms with E-state index in [0.717, 1.165) is 0 Å². The molecule has 5 heteroatoms. The van der Waals surface area contributed by atoms with E-state index in [9.17, 15) is 10.0 Å². The fourth-order valence-electron chi connectivity index (χ4n) is 0.994. The zero-order valence-corrected chi connectivity index (χ0v) is 7.71. The van der Waals surface area contributed by atoms with Gasteiger partial charge in [0.15, 0.2) is 0 Å². The van der Waals surface area contributed by atoms with Crippen molar-refractivity contribution in [2.45, 2.75) is 13.2 Å². The predicted octanol–water partition coefficient (Wildman–Crippen LogP) is 0.319. The molecule has 0 aliphatic heterocycles. The second-order valence-corrected chi connectivity index (χ2v) is 2.89. The van der Waals surface area contributed by atoms with Crippen LogP contribution in [0, 0.1) is 0 Å². The van der Waals surface area contributed by atoms with Crippen molar-refractivity contribution in [3.05, 3.63) is 29.8 Å². The molecule has 76 valence electrons. The van der Waals surface area contributed by atoms with E-state index in [4.69, 9.17) is 10.8 Å². The molecule has 0 bridgehead atoms. The predicted molar refractivity (Wildman–Crippen MR) is 50.9 cm³/mol. The van der Waals surface area contributed by atoms with Crippen molar-refractivity contribution in [2.24, 2.45) is 5.73 Å². The first-order chi connectivity index (χ1) is 6.52. The molecule has 1 rings (SSSR count). The second kappa shape index (κ2) is 4.08. The molecule has 0 aliphatic carbocycles. The van der Waals surface area contributed by atoms with Crippen molar-refractivity contribution in [1.82, 2.24) is 0 Å². The largest absolute Gasteiger partial charge is 0.372 e. The van der Waals surface area contributed by atoms with E-state index in [0.29, 0.717) is 16.3 Å². The van der Waals surface area contributed by atoms with E-state index < -0.39 is 12.1 Å². The zero-order chi connectivity index (χ0) is 10.7. The molecule has 1 atom stereocenters. The van der Waals surface area contributed by atoms with Gasteiger partial charge in [-0.2, -0.15) is 0 Å². The monoisotopic (exact) mass is 196 g/mol. The van der Waals surface area contributed by atoms with Crippen LogP contribution in [0.5, 0.6) is 0 Å². The first-order valence-electron chi connectivity index (χ1n) is 4.08. The summed E-state index contributed by atoms with van der Waals surface area (Å²) in [5.74, 6) is -0.530. The van der Waals surface area contributed by atoms with Gasteiger partial charge in [0.25, 0.3) is 0 Å². The number of nitrogens with two attached hydrogens (primary N) is 1. The lowest BCUT2D eigenvalue weighted by Gasteiger charge is -2.19. The Bertz CT molecular complexity index is 321. The minimum atomic E-state index is -1.01. The van der Waals surface area contributed by atoms with Gasteiger partial charge in [0, 0.05) is 5.56 Å². The number of primary amides is 1. The second-order valence-electron chi connectivity index (χ2n) is 2.89. The molecule has 1 aromatic carbocycles. The summed E-state index contributed by atoms with van der Waals surface area (Å²) in [6.07, 6.45) is -1.01. The van der Waals surface area contributed by atoms with Crippen LogP contribution >= 0.6 is 0 Å². The minimum absolute atomic E-state index is 0.354. The normalized spacial score (nSPS) is 12.2. The Hall–Kier alpha value is -1.59. The number of aliphatic hydroxyl groups excluding tert-OH is 1. The number of carbonyl (C=O) groups excluding carboxylic acids is 1. The van der Waals surface area contributed by atoms with Crippen molar-refractivity contribution < 1.29 is 15.1 Å². The summed E-state index contributed by atoms with van der Waals surface area (Å²) in [5, 5.41) is 19.0. The van der Waals surface area contributed by atoms with E-state index in [2.05, 4.69) is 0 Å². The van der Waals surface area contributed by atoms with Crippen LogP contribution in [-0.2, 0) is 0 Å². The van der Waals surface area contributed by atoms with Crippen molar-refractivity contribution in [3.8, 4) is 0 Å². The SMILES string of the molecule is CC(O)N(O)c1ccc(C(N)=O)cc1. The Morgan fingerprint density at radius 3 is 2.29 bits per heavy atom. The van der Waals surface area contributed by atoms with Crippen LogP contribution in [0.1, 0.15) is 17.3 Å². The number of rotatable bonds is 3. The number of benzene rings is 1. The van der Waals surface area contributed by atoms with Gasteiger partial charge in [0.05, 0.1) is 5.69 Å². The molecule has 1 amide bonds. The van der Waals surface area contributed by atoms with Crippen molar-refractivity contribution in [1.29, 1.82) is 0 Å². The van der Waals surface area contributed by atoms with Crippen LogP contribution in [0.3, 0.4) is 0 Å². The Balaban J connectivity index is 2.88. The van der Waals surface area contributed by atoms with E-state index in [1.165, 1.54) is 31.2 Å².